The lowest BCUT2D eigenvalue weighted by molar-refractivity contribution is -0.149. The van der Waals surface area contributed by atoms with Crippen LogP contribution >= 0.6 is 15.9 Å². The van der Waals surface area contributed by atoms with E-state index in [-0.39, 0.29) is 11.9 Å². The molecule has 3 heterocycles. The van der Waals surface area contributed by atoms with Crippen LogP contribution < -0.4 is 4.90 Å². The first-order valence-corrected chi connectivity index (χ1v) is 9.84. The second kappa shape index (κ2) is 8.08. The van der Waals surface area contributed by atoms with Crippen molar-refractivity contribution < 1.29 is 13.9 Å². The van der Waals surface area contributed by atoms with E-state index in [2.05, 4.69) is 30.8 Å². The highest BCUT2D eigenvalue weighted by Gasteiger charge is 2.26. The molecule has 0 bridgehead atoms. The Hall–Kier alpha value is -2.41. The number of halogens is 1. The van der Waals surface area contributed by atoms with Gasteiger partial charge < -0.3 is 14.1 Å². The Kier molecular flexibility index (Phi) is 5.38. The molecule has 1 aliphatic rings. The second-order valence-electron chi connectivity index (χ2n) is 6.64. The van der Waals surface area contributed by atoms with Crippen molar-refractivity contribution in [3.8, 4) is 0 Å². The number of fused-ring (bicyclic) bond motifs is 1. The van der Waals surface area contributed by atoms with Crippen LogP contribution in [0.3, 0.4) is 0 Å². The Morgan fingerprint density at radius 1 is 1.26 bits per heavy atom. The van der Waals surface area contributed by atoms with Gasteiger partial charge in [0.15, 0.2) is 0 Å². The minimum atomic E-state index is -0.118. The molecule has 4 rings (SSSR count). The number of rotatable bonds is 5. The van der Waals surface area contributed by atoms with Gasteiger partial charge in [0.2, 0.25) is 0 Å². The highest BCUT2D eigenvalue weighted by molar-refractivity contribution is 9.10. The Morgan fingerprint density at radius 3 is 2.89 bits per heavy atom. The summed E-state index contributed by atoms with van der Waals surface area (Å²) in [5.74, 6) is 1.52. The molecule has 2 aromatic heterocycles. The molecular formula is C20H20BrN3O3. The third kappa shape index (κ3) is 4.30. The zero-order valence-corrected chi connectivity index (χ0v) is 16.4. The number of hydrogen-bond acceptors (Lipinski definition) is 6. The first kappa shape index (κ1) is 18.0. The maximum absolute atomic E-state index is 12.3. The molecule has 1 fully saturated rings. The number of carbonyl (C=O) groups is 1. The normalized spacial score (nSPS) is 15.2. The third-order valence-corrected chi connectivity index (χ3v) is 5.32. The summed E-state index contributed by atoms with van der Waals surface area (Å²) in [7, 11) is 0. The van der Waals surface area contributed by atoms with E-state index in [1.165, 1.54) is 0 Å². The summed E-state index contributed by atoms with van der Waals surface area (Å²) in [6.07, 6.45) is 7.23. The Labute approximate surface area is 165 Å². The zero-order valence-electron chi connectivity index (χ0n) is 14.8. The van der Waals surface area contributed by atoms with Crippen molar-refractivity contribution in [1.29, 1.82) is 0 Å². The molecule has 0 atom stereocenters. The van der Waals surface area contributed by atoms with Gasteiger partial charge in [-0.15, -0.1) is 0 Å². The first-order valence-electron chi connectivity index (χ1n) is 9.04. The van der Waals surface area contributed by atoms with E-state index in [0.717, 1.165) is 53.0 Å². The number of anilines is 1. The summed E-state index contributed by atoms with van der Waals surface area (Å²) >= 11 is 3.45. The van der Waals surface area contributed by atoms with E-state index in [1.807, 2.05) is 24.3 Å². The molecule has 1 aliphatic heterocycles. The Morgan fingerprint density at radius 2 is 2.11 bits per heavy atom. The van der Waals surface area contributed by atoms with Crippen LogP contribution in [-0.2, 0) is 16.0 Å². The predicted molar refractivity (Wildman–Crippen MR) is 106 cm³/mol. The average Bonchev–Trinajstić information content (AvgIpc) is 3.10. The van der Waals surface area contributed by atoms with Gasteiger partial charge in [-0.2, -0.15) is 0 Å². The number of esters is 1. The average molecular weight is 430 g/mol. The Bertz CT molecular complexity index is 921. The number of hydrogen-bond donors (Lipinski definition) is 0. The van der Waals surface area contributed by atoms with E-state index in [4.69, 9.17) is 9.15 Å². The number of piperidine rings is 1. The lowest BCUT2D eigenvalue weighted by Crippen LogP contribution is -2.37. The third-order valence-electron chi connectivity index (χ3n) is 4.82. The number of furan rings is 1. The van der Waals surface area contributed by atoms with E-state index in [9.17, 15) is 4.79 Å². The van der Waals surface area contributed by atoms with E-state index >= 15 is 0 Å². The minimum absolute atomic E-state index is 0.0513. The van der Waals surface area contributed by atoms with Gasteiger partial charge in [0.05, 0.1) is 18.7 Å². The molecule has 140 valence electrons. The van der Waals surface area contributed by atoms with E-state index < -0.39 is 0 Å². The molecule has 1 aromatic carbocycles. The minimum Gasteiger partial charge on any atom is -0.465 e. The van der Waals surface area contributed by atoms with Gasteiger partial charge in [0.1, 0.15) is 17.2 Å². The van der Waals surface area contributed by atoms with E-state index in [0.29, 0.717) is 13.0 Å². The quantitative estimate of drug-likeness (QED) is 0.571. The van der Waals surface area contributed by atoms with Gasteiger partial charge in [-0.3, -0.25) is 9.78 Å². The molecule has 0 amide bonds. The van der Waals surface area contributed by atoms with Gasteiger partial charge in [0.25, 0.3) is 0 Å². The molecule has 6 nitrogen and oxygen atoms in total. The molecule has 27 heavy (non-hydrogen) atoms. The topological polar surface area (TPSA) is 68.5 Å². The van der Waals surface area contributed by atoms with Gasteiger partial charge in [-0.1, -0.05) is 15.9 Å². The molecule has 0 N–H and O–H groups in total. The van der Waals surface area contributed by atoms with Crippen LogP contribution in [0, 0.1) is 5.92 Å². The molecular weight excluding hydrogens is 410 g/mol. The second-order valence-corrected chi connectivity index (χ2v) is 7.55. The first-order chi connectivity index (χ1) is 13.2. The number of ether oxygens (including phenoxy) is 1. The van der Waals surface area contributed by atoms with Gasteiger partial charge >= 0.3 is 5.97 Å². The largest absolute Gasteiger partial charge is 0.465 e. The van der Waals surface area contributed by atoms with Crippen molar-refractivity contribution in [3.63, 3.8) is 0 Å². The van der Waals surface area contributed by atoms with Crippen molar-refractivity contribution in [1.82, 2.24) is 9.97 Å². The highest BCUT2D eigenvalue weighted by atomic mass is 79.9. The monoisotopic (exact) mass is 429 g/mol. The van der Waals surface area contributed by atoms with E-state index in [1.54, 1.807) is 18.6 Å². The number of aromatic nitrogens is 2. The van der Waals surface area contributed by atoms with Crippen molar-refractivity contribution in [2.45, 2.75) is 19.3 Å². The van der Waals surface area contributed by atoms with Crippen LogP contribution in [0.5, 0.6) is 0 Å². The summed E-state index contributed by atoms with van der Waals surface area (Å²) in [4.78, 5) is 22.9. The lowest BCUT2D eigenvalue weighted by atomic mass is 9.97. The Balaban J connectivity index is 1.25. The van der Waals surface area contributed by atoms with Gasteiger partial charge in [-0.25, -0.2) is 4.98 Å². The van der Waals surface area contributed by atoms with Crippen molar-refractivity contribution in [3.05, 3.63) is 53.1 Å². The maximum Gasteiger partial charge on any atom is 0.309 e. The van der Waals surface area contributed by atoms with Crippen molar-refractivity contribution >= 4 is 38.7 Å². The smallest absolute Gasteiger partial charge is 0.309 e. The van der Waals surface area contributed by atoms with Crippen LogP contribution in [0.25, 0.3) is 11.0 Å². The van der Waals surface area contributed by atoms with Crippen LogP contribution in [0.4, 0.5) is 5.82 Å². The highest BCUT2D eigenvalue weighted by Crippen LogP contribution is 2.24. The molecule has 0 spiro atoms. The SMILES string of the molecule is O=C(OCCc1cc2cc(Br)ccc2o1)C1CCN(c2cnccn2)CC1. The van der Waals surface area contributed by atoms with Crippen molar-refractivity contribution in [2.75, 3.05) is 24.6 Å². The van der Waals surface area contributed by atoms with Crippen LogP contribution in [0.1, 0.15) is 18.6 Å². The number of carbonyl (C=O) groups excluding carboxylic acids is 1. The fraction of sp³-hybridized carbons (Fsp3) is 0.350. The lowest BCUT2D eigenvalue weighted by Gasteiger charge is -2.31. The number of nitrogens with zero attached hydrogens (tertiary/aromatic N) is 3. The zero-order chi connectivity index (χ0) is 18.6. The summed E-state index contributed by atoms with van der Waals surface area (Å²) < 4.78 is 12.3. The molecule has 7 heteroatoms. The number of benzene rings is 1. The van der Waals surface area contributed by atoms with Gasteiger partial charge in [0, 0.05) is 41.8 Å². The summed E-state index contributed by atoms with van der Waals surface area (Å²) in [6, 6.07) is 7.88. The van der Waals surface area contributed by atoms with Crippen molar-refractivity contribution in [2.24, 2.45) is 5.92 Å². The van der Waals surface area contributed by atoms with Gasteiger partial charge in [-0.05, 0) is 37.1 Å². The summed E-state index contributed by atoms with van der Waals surface area (Å²) in [6.45, 7) is 1.91. The summed E-state index contributed by atoms with van der Waals surface area (Å²) in [5.41, 5.74) is 0.843. The molecule has 3 aromatic rings. The molecule has 0 unspecified atom stereocenters. The molecule has 1 saturated heterocycles. The molecule has 0 aliphatic carbocycles. The predicted octanol–water partition coefficient (Wildman–Crippen LogP) is 3.99. The van der Waals surface area contributed by atoms with Crippen LogP contribution in [-0.4, -0.2) is 35.6 Å². The molecule has 0 radical (unpaired) electrons. The van der Waals surface area contributed by atoms with Crippen LogP contribution in [0.15, 0.2) is 51.7 Å². The fourth-order valence-electron chi connectivity index (χ4n) is 3.36. The summed E-state index contributed by atoms with van der Waals surface area (Å²) in [5, 5.41) is 1.04. The fourth-order valence-corrected chi connectivity index (χ4v) is 3.74. The van der Waals surface area contributed by atoms with Crippen LogP contribution in [0.2, 0.25) is 0 Å². The standard InChI is InChI=1S/C20H20BrN3O3/c21-16-1-2-18-15(11-16)12-17(27-18)5-10-26-20(25)14-3-8-24(9-4-14)19-13-22-6-7-23-19/h1-2,6-7,11-14H,3-5,8-10H2. The maximum atomic E-state index is 12.3. The molecule has 0 saturated carbocycles.